The average Bonchev–Trinajstić information content (AvgIpc) is 2.43. The molecule has 1 heteroatoms. The van der Waals surface area contributed by atoms with Crippen LogP contribution in [0.5, 0.6) is 0 Å². The molecule has 0 saturated heterocycles. The van der Waals surface area contributed by atoms with Gasteiger partial charge in [0.25, 0.3) is 0 Å². The van der Waals surface area contributed by atoms with E-state index in [2.05, 4.69) is 49.4 Å². The van der Waals surface area contributed by atoms with Crippen molar-refractivity contribution in [2.45, 2.75) is 51.9 Å². The summed E-state index contributed by atoms with van der Waals surface area (Å²) in [4.78, 5) is 0. The van der Waals surface area contributed by atoms with Gasteiger partial charge in [-0.15, -0.1) is 0 Å². The minimum Gasteiger partial charge on any atom is -1.00 e. The van der Waals surface area contributed by atoms with Crippen LogP contribution in [-0.4, -0.2) is 0 Å². The third-order valence-corrected chi connectivity index (χ3v) is 3.68. The first-order chi connectivity index (χ1) is 8.92. The molecule has 0 aromatic heterocycles. The van der Waals surface area contributed by atoms with Gasteiger partial charge in [0.05, 0.1) is 0 Å². The van der Waals surface area contributed by atoms with E-state index in [0.717, 1.165) is 0 Å². The van der Waals surface area contributed by atoms with Crippen LogP contribution in [0.2, 0.25) is 0 Å². The molecule has 0 aliphatic heterocycles. The second-order valence-electron chi connectivity index (χ2n) is 5.16. The zero-order valence-electron chi connectivity index (χ0n) is 13.5. The van der Waals surface area contributed by atoms with Crippen molar-refractivity contribution >= 4 is 10.8 Å². The second kappa shape index (κ2) is 10.1. The Hall–Kier alpha value is 0.336. The minimum atomic E-state index is 0. The molecule has 0 heterocycles. The van der Waals surface area contributed by atoms with Crippen molar-refractivity contribution in [2.24, 2.45) is 0 Å². The molecule has 98 valence electrons. The fourth-order valence-corrected chi connectivity index (χ4v) is 2.61. The number of hydrogen-bond donors (Lipinski definition) is 0. The number of unbranched alkanes of at least 4 members (excludes halogenated alkanes) is 5. The third kappa shape index (κ3) is 5.69. The van der Waals surface area contributed by atoms with Crippen molar-refractivity contribution in [3.8, 4) is 0 Å². The largest absolute Gasteiger partial charge is 1.00 e. The number of hydrogen-bond acceptors (Lipinski definition) is 0. The molecule has 0 aliphatic carbocycles. The van der Waals surface area contributed by atoms with E-state index in [1.807, 2.05) is 0 Å². The molecule has 0 aliphatic rings. The topological polar surface area (TPSA) is 0 Å². The third-order valence-electron chi connectivity index (χ3n) is 3.68. The van der Waals surface area contributed by atoms with Crippen LogP contribution in [0.25, 0.3) is 10.8 Å². The van der Waals surface area contributed by atoms with E-state index in [1.165, 1.54) is 61.3 Å². The fourth-order valence-electron chi connectivity index (χ4n) is 2.61. The Labute approximate surface area is 161 Å². The van der Waals surface area contributed by atoms with E-state index in [-0.39, 0.29) is 52.8 Å². The van der Waals surface area contributed by atoms with Gasteiger partial charge in [-0.1, -0.05) is 81.5 Å². The van der Waals surface area contributed by atoms with Crippen molar-refractivity contribution in [1.82, 2.24) is 0 Å². The Morgan fingerprint density at radius 3 is 2.32 bits per heavy atom. The van der Waals surface area contributed by atoms with Gasteiger partial charge in [0.2, 0.25) is 0 Å². The first-order valence-corrected chi connectivity index (χ1v) is 7.38. The summed E-state index contributed by atoms with van der Waals surface area (Å²) in [6.07, 6.45) is 9.48. The van der Waals surface area contributed by atoms with Gasteiger partial charge in [0.15, 0.2) is 0 Å². The van der Waals surface area contributed by atoms with E-state index in [9.17, 15) is 0 Å². The zero-order chi connectivity index (χ0) is 12.6. The fraction of sp³-hybridized carbons (Fsp3) is 0.444. The molecular formula is C18H25K. The molecule has 0 radical (unpaired) electrons. The first kappa shape index (κ1) is 17.4. The Kier molecular flexibility index (Phi) is 9.26. The van der Waals surface area contributed by atoms with Crippen LogP contribution in [0.4, 0.5) is 0 Å². The van der Waals surface area contributed by atoms with Gasteiger partial charge in [-0.3, -0.25) is 0 Å². The average molecular weight is 280 g/mol. The molecular weight excluding hydrogens is 255 g/mol. The number of aryl methyl sites for hydroxylation is 1. The molecule has 0 saturated carbocycles. The summed E-state index contributed by atoms with van der Waals surface area (Å²) in [5, 5.41) is 2.81. The molecule has 0 unspecified atom stereocenters. The van der Waals surface area contributed by atoms with Crippen LogP contribution in [0.15, 0.2) is 42.5 Å². The van der Waals surface area contributed by atoms with Crippen LogP contribution in [0.3, 0.4) is 0 Å². The molecule has 2 aromatic carbocycles. The zero-order valence-corrected chi connectivity index (χ0v) is 15.6. The van der Waals surface area contributed by atoms with Gasteiger partial charge in [0.1, 0.15) is 0 Å². The minimum absolute atomic E-state index is 0. The summed E-state index contributed by atoms with van der Waals surface area (Å²) >= 11 is 0. The summed E-state index contributed by atoms with van der Waals surface area (Å²) in [6, 6.07) is 15.4. The van der Waals surface area contributed by atoms with Gasteiger partial charge < -0.3 is 1.43 Å². The summed E-state index contributed by atoms with van der Waals surface area (Å²) in [6.45, 7) is 2.27. The predicted octanol–water partition coefficient (Wildman–Crippen LogP) is 2.86. The molecule has 0 amide bonds. The van der Waals surface area contributed by atoms with E-state index >= 15 is 0 Å². The van der Waals surface area contributed by atoms with Gasteiger partial charge in [-0.05, 0) is 29.2 Å². The van der Waals surface area contributed by atoms with Crippen molar-refractivity contribution in [1.29, 1.82) is 0 Å². The molecule has 0 atom stereocenters. The molecule has 2 rings (SSSR count). The van der Waals surface area contributed by atoms with E-state index in [1.54, 1.807) is 0 Å². The Bertz CT molecular complexity index is 476. The smallest absolute Gasteiger partial charge is 1.00 e. The van der Waals surface area contributed by atoms with Gasteiger partial charge in [-0.2, -0.15) is 0 Å². The van der Waals surface area contributed by atoms with E-state index in [0.29, 0.717) is 0 Å². The maximum atomic E-state index is 2.29. The van der Waals surface area contributed by atoms with E-state index < -0.39 is 0 Å². The maximum Gasteiger partial charge on any atom is 1.00 e. The predicted molar refractivity (Wildman–Crippen MR) is 82.1 cm³/mol. The summed E-state index contributed by atoms with van der Waals surface area (Å²) < 4.78 is 0. The first-order valence-electron chi connectivity index (χ1n) is 7.38. The molecule has 0 spiro atoms. The van der Waals surface area contributed by atoms with Crippen molar-refractivity contribution in [3.05, 3.63) is 48.0 Å². The van der Waals surface area contributed by atoms with Crippen LogP contribution >= 0.6 is 0 Å². The van der Waals surface area contributed by atoms with Crippen LogP contribution in [-0.2, 0) is 6.42 Å². The van der Waals surface area contributed by atoms with Crippen molar-refractivity contribution in [2.75, 3.05) is 0 Å². The van der Waals surface area contributed by atoms with Crippen LogP contribution in [0, 0.1) is 0 Å². The molecule has 0 fully saturated rings. The van der Waals surface area contributed by atoms with Crippen LogP contribution < -0.4 is 51.4 Å². The monoisotopic (exact) mass is 280 g/mol. The standard InChI is InChI=1S/C18H24.K.H/c1-2-3-4-5-6-7-11-16-13-10-14-17-12-8-9-15-18(16)17;;/h8-10,12-15H,2-7,11H2,1H3;;/q;+1;-1. The quantitative estimate of drug-likeness (QED) is 0.540. The SMILES string of the molecule is CCCCCCCCc1cccc2ccccc12.[H-].[K+]. The van der Waals surface area contributed by atoms with Crippen LogP contribution in [0.1, 0.15) is 52.4 Å². The van der Waals surface area contributed by atoms with Crippen molar-refractivity contribution in [3.63, 3.8) is 0 Å². The summed E-state index contributed by atoms with van der Waals surface area (Å²) in [5.41, 5.74) is 1.52. The summed E-state index contributed by atoms with van der Waals surface area (Å²) in [7, 11) is 0. The molecule has 2 aromatic rings. The molecule has 0 N–H and O–H groups in total. The summed E-state index contributed by atoms with van der Waals surface area (Å²) in [5.74, 6) is 0. The van der Waals surface area contributed by atoms with Gasteiger partial charge >= 0.3 is 51.4 Å². The number of fused-ring (bicyclic) bond motifs is 1. The molecule has 0 bridgehead atoms. The Balaban J connectivity index is 0.00000180. The Morgan fingerprint density at radius 2 is 1.47 bits per heavy atom. The number of benzene rings is 2. The normalized spacial score (nSPS) is 10.4. The molecule has 19 heavy (non-hydrogen) atoms. The maximum absolute atomic E-state index is 2.29. The number of rotatable bonds is 7. The van der Waals surface area contributed by atoms with Gasteiger partial charge in [0, 0.05) is 0 Å². The van der Waals surface area contributed by atoms with Gasteiger partial charge in [-0.25, -0.2) is 0 Å². The van der Waals surface area contributed by atoms with Crippen molar-refractivity contribution < 1.29 is 52.8 Å². The van der Waals surface area contributed by atoms with E-state index in [4.69, 9.17) is 0 Å². The molecule has 0 nitrogen and oxygen atoms in total. The second-order valence-corrected chi connectivity index (χ2v) is 5.16. The Morgan fingerprint density at radius 1 is 0.789 bits per heavy atom.